The van der Waals surface area contributed by atoms with E-state index >= 15 is 0 Å². The normalized spacial score (nSPS) is 14.6. The van der Waals surface area contributed by atoms with E-state index in [1.807, 2.05) is 18.2 Å². The van der Waals surface area contributed by atoms with E-state index in [9.17, 15) is 37.8 Å². The molecule has 0 heterocycles. The quantitative estimate of drug-likeness (QED) is 0.427. The van der Waals surface area contributed by atoms with E-state index in [1.165, 1.54) is 5.56 Å². The van der Waals surface area contributed by atoms with Crippen molar-refractivity contribution in [2.75, 3.05) is 0 Å². The van der Waals surface area contributed by atoms with Crippen LogP contribution in [0.2, 0.25) is 0 Å². The average Bonchev–Trinajstić information content (AvgIpc) is 2.27. The SMILES string of the molecule is Cc1ccccc1.O=[PH]([O-])O[PH](=O)[O-].O=[PH]([O-])O[PH](=O)[O-].[Ti+4]. The Hall–Kier alpha value is 0.614. The number of aryl methyl sites for hydroxylation is 1. The Morgan fingerprint density at radius 2 is 1.00 bits per heavy atom. The van der Waals surface area contributed by atoms with Crippen LogP contribution in [0.5, 0.6) is 0 Å². The molecule has 1 aromatic carbocycles. The van der Waals surface area contributed by atoms with E-state index in [-0.39, 0.29) is 21.7 Å². The van der Waals surface area contributed by atoms with Crippen LogP contribution in [0.3, 0.4) is 0 Å². The number of rotatable bonds is 4. The first-order valence-electron chi connectivity index (χ1n) is 4.86. The molecule has 0 spiro atoms. The zero-order valence-electron chi connectivity index (χ0n) is 11.0. The van der Waals surface area contributed by atoms with Gasteiger partial charge in [0.25, 0.3) is 0 Å². The molecule has 10 nitrogen and oxygen atoms in total. The maximum Gasteiger partial charge on any atom is 4.00 e. The monoisotopic (exact) mass is 428 g/mol. The van der Waals surface area contributed by atoms with Crippen molar-refractivity contribution < 1.29 is 68.2 Å². The van der Waals surface area contributed by atoms with E-state index in [4.69, 9.17) is 0 Å². The van der Waals surface area contributed by atoms with Crippen molar-refractivity contribution in [1.29, 1.82) is 0 Å². The minimum absolute atomic E-state index is 0. The summed E-state index contributed by atoms with van der Waals surface area (Å²) < 4.78 is 43.6. The van der Waals surface area contributed by atoms with E-state index in [2.05, 4.69) is 27.7 Å². The van der Waals surface area contributed by atoms with Crippen LogP contribution in [0.15, 0.2) is 30.3 Å². The molecule has 0 saturated carbocycles. The van der Waals surface area contributed by atoms with Crippen LogP contribution in [0.25, 0.3) is 0 Å². The fraction of sp³-hybridized carbons (Fsp3) is 0.143. The van der Waals surface area contributed by atoms with Crippen molar-refractivity contribution in [3.8, 4) is 0 Å². The van der Waals surface area contributed by atoms with Crippen LogP contribution in [0, 0.1) is 6.92 Å². The van der Waals surface area contributed by atoms with Gasteiger partial charge in [-0.15, -0.1) is 0 Å². The van der Waals surface area contributed by atoms with Gasteiger partial charge in [-0.2, -0.15) is 0 Å². The molecule has 1 rings (SSSR count). The Labute approximate surface area is 144 Å². The predicted octanol–water partition coefficient (Wildman–Crippen LogP) is -1.00. The van der Waals surface area contributed by atoms with Gasteiger partial charge in [0.15, 0.2) is 0 Å². The standard InChI is InChI=1S/C7H8.2H4O5P2.Ti/c1-7-5-3-2-4-6-7;2*1-6(2)5-7(3)4;/h2-6H,1H3;2*6-7H,(H,1,2)(H,3,4);/q;;;+4/p-4. The van der Waals surface area contributed by atoms with Crippen molar-refractivity contribution in [3.05, 3.63) is 35.9 Å². The van der Waals surface area contributed by atoms with Crippen molar-refractivity contribution in [3.63, 3.8) is 0 Å². The topological polar surface area (TPSA) is 179 Å². The van der Waals surface area contributed by atoms with E-state index in [0.717, 1.165) is 0 Å². The summed E-state index contributed by atoms with van der Waals surface area (Å²) in [5.74, 6) is 0. The summed E-state index contributed by atoms with van der Waals surface area (Å²) in [6.07, 6.45) is 0. The summed E-state index contributed by atoms with van der Waals surface area (Å²) in [5, 5.41) is 0. The Bertz CT molecular complexity index is 433. The van der Waals surface area contributed by atoms with Crippen LogP contribution < -0.4 is 19.6 Å². The first-order valence-corrected chi connectivity index (χ1v) is 9.76. The molecule has 0 fully saturated rings. The van der Waals surface area contributed by atoms with Crippen LogP contribution in [-0.2, 0) is 48.6 Å². The molecule has 0 N–H and O–H groups in total. The molecule has 4 unspecified atom stereocenters. The molecular formula is C7H12O10P4Ti. The molecule has 0 saturated heterocycles. The van der Waals surface area contributed by atoms with Gasteiger partial charge in [-0.05, 0) is 6.92 Å². The van der Waals surface area contributed by atoms with Gasteiger partial charge in [0.05, 0.1) is 0 Å². The first-order chi connectivity index (χ1) is 9.65. The van der Waals surface area contributed by atoms with E-state index in [1.54, 1.807) is 0 Å². The smallest absolute Gasteiger partial charge is 0.781 e. The van der Waals surface area contributed by atoms with Gasteiger partial charge in [-0.25, -0.2) is 0 Å². The fourth-order valence-electron chi connectivity index (χ4n) is 0.670. The minimum Gasteiger partial charge on any atom is -0.781 e. The molecule has 0 aliphatic carbocycles. The van der Waals surface area contributed by atoms with Crippen molar-refractivity contribution in [2.24, 2.45) is 0 Å². The van der Waals surface area contributed by atoms with Gasteiger partial charge < -0.3 is 37.8 Å². The Morgan fingerprint density at radius 1 is 0.727 bits per heavy atom. The molecule has 124 valence electrons. The average molecular weight is 428 g/mol. The Balaban J connectivity index is -0.000000241. The van der Waals surface area contributed by atoms with Gasteiger partial charge in [0.2, 0.25) is 0 Å². The zero-order chi connectivity index (χ0) is 16.8. The fourth-order valence-corrected chi connectivity index (χ4v) is 1.76. The number of hydrogen-bond acceptors (Lipinski definition) is 10. The predicted molar refractivity (Wildman–Crippen MR) is 69.4 cm³/mol. The summed E-state index contributed by atoms with van der Waals surface area (Å²) in [7, 11) is -14.1. The van der Waals surface area contributed by atoms with Gasteiger partial charge in [-0.1, -0.05) is 35.9 Å². The summed E-state index contributed by atoms with van der Waals surface area (Å²) in [6.45, 7) is 2.08. The molecule has 1 aromatic rings. The molecule has 0 bridgehead atoms. The maximum absolute atomic E-state index is 9.29. The second-order valence-electron chi connectivity index (χ2n) is 2.86. The van der Waals surface area contributed by atoms with Gasteiger partial charge in [0, 0.05) is 0 Å². The molecule has 4 atom stereocenters. The largest absolute Gasteiger partial charge is 4.00 e. The van der Waals surface area contributed by atoms with Crippen LogP contribution in [0.1, 0.15) is 5.56 Å². The number of hydrogen-bond donors (Lipinski definition) is 0. The molecule has 0 radical (unpaired) electrons. The molecular weight excluding hydrogens is 416 g/mol. The molecule has 22 heavy (non-hydrogen) atoms. The summed E-state index contributed by atoms with van der Waals surface area (Å²) in [5.41, 5.74) is 1.32. The molecule has 0 amide bonds. The van der Waals surface area contributed by atoms with Crippen LogP contribution >= 0.6 is 33.0 Å². The van der Waals surface area contributed by atoms with Crippen molar-refractivity contribution in [1.82, 2.24) is 0 Å². The Kier molecular flexibility index (Phi) is 22.4. The van der Waals surface area contributed by atoms with Crippen molar-refractivity contribution in [2.45, 2.75) is 6.92 Å². The minimum atomic E-state index is -3.51. The van der Waals surface area contributed by atoms with Gasteiger partial charge in [-0.3, -0.25) is 8.62 Å². The summed E-state index contributed by atoms with van der Waals surface area (Å²) in [4.78, 5) is 37.1. The van der Waals surface area contributed by atoms with E-state index < -0.39 is 33.0 Å². The second kappa shape index (κ2) is 18.0. The van der Waals surface area contributed by atoms with Crippen LogP contribution in [-0.4, -0.2) is 0 Å². The van der Waals surface area contributed by atoms with Gasteiger partial charge >= 0.3 is 21.7 Å². The van der Waals surface area contributed by atoms with E-state index in [0.29, 0.717) is 0 Å². The van der Waals surface area contributed by atoms with Crippen molar-refractivity contribution >= 4 is 33.0 Å². The maximum atomic E-state index is 9.29. The second-order valence-corrected chi connectivity index (χ2v) is 6.49. The molecule has 0 aliphatic heterocycles. The number of benzene rings is 1. The third-order valence-electron chi connectivity index (χ3n) is 1.27. The summed E-state index contributed by atoms with van der Waals surface area (Å²) in [6, 6.07) is 10.3. The van der Waals surface area contributed by atoms with Gasteiger partial charge in [0.1, 0.15) is 33.0 Å². The van der Waals surface area contributed by atoms with Crippen LogP contribution in [0.4, 0.5) is 0 Å². The first kappa shape index (κ1) is 27.5. The zero-order valence-corrected chi connectivity index (χ0v) is 16.5. The third kappa shape index (κ3) is 28.7. The summed E-state index contributed by atoms with van der Waals surface area (Å²) >= 11 is 0. The molecule has 0 aromatic heterocycles. The third-order valence-corrected chi connectivity index (χ3v) is 3.94. The molecule has 0 aliphatic rings. The molecule has 15 heteroatoms. The Morgan fingerprint density at radius 3 is 1.09 bits per heavy atom.